The Labute approximate surface area is 127 Å². The van der Waals surface area contributed by atoms with Gasteiger partial charge in [-0.15, -0.1) is 0 Å². The normalized spacial score (nSPS) is 17.6. The van der Waals surface area contributed by atoms with Crippen molar-refractivity contribution in [2.24, 2.45) is 4.99 Å². The minimum Gasteiger partial charge on any atom is -0.318 e. The molecule has 2 aromatic rings. The molecular weight excluding hydrogens is 283 g/mol. The van der Waals surface area contributed by atoms with Crippen molar-refractivity contribution in [3.8, 4) is 0 Å². The van der Waals surface area contributed by atoms with Crippen LogP contribution in [0.3, 0.4) is 0 Å². The van der Waals surface area contributed by atoms with Gasteiger partial charge in [-0.05, 0) is 29.3 Å². The van der Waals surface area contributed by atoms with Crippen molar-refractivity contribution in [2.75, 3.05) is 13.1 Å². The third-order valence-electron chi connectivity index (χ3n) is 3.97. The van der Waals surface area contributed by atoms with Crippen LogP contribution < -0.4 is 0 Å². The molecule has 0 N–H and O–H groups in total. The molecule has 0 saturated heterocycles. The number of aliphatic imine (C=N–C) groups is 1. The van der Waals surface area contributed by atoms with E-state index in [1.54, 1.807) is 17.8 Å². The number of halogens is 1. The van der Waals surface area contributed by atoms with Crippen LogP contribution in [0, 0.1) is 5.82 Å². The molecule has 4 rings (SSSR count). The summed E-state index contributed by atoms with van der Waals surface area (Å²) in [6, 6.07) is 11.2. The largest absolute Gasteiger partial charge is 0.318 e. The van der Waals surface area contributed by atoms with Gasteiger partial charge >= 0.3 is 0 Å². The van der Waals surface area contributed by atoms with Crippen LogP contribution in [-0.2, 0) is 0 Å². The molecule has 2 aliphatic rings. The van der Waals surface area contributed by atoms with E-state index in [0.717, 1.165) is 41.0 Å². The molecule has 0 saturated carbocycles. The minimum absolute atomic E-state index is 0.186. The molecule has 0 aromatic heterocycles. The summed E-state index contributed by atoms with van der Waals surface area (Å²) in [6.07, 6.45) is 0.973. The van der Waals surface area contributed by atoms with Crippen molar-refractivity contribution in [2.45, 2.75) is 13.3 Å². The Hall–Kier alpha value is -1.81. The van der Waals surface area contributed by atoms with E-state index in [0.29, 0.717) is 0 Å². The van der Waals surface area contributed by atoms with Crippen LogP contribution in [0.15, 0.2) is 46.3 Å². The Morgan fingerprint density at radius 1 is 1.29 bits per heavy atom. The van der Waals surface area contributed by atoms with Crippen molar-refractivity contribution in [1.82, 2.24) is 4.90 Å². The highest BCUT2D eigenvalue weighted by molar-refractivity contribution is 8.17. The molecule has 4 heteroatoms. The number of hydrogen-bond acceptors (Lipinski definition) is 3. The number of benzene rings is 2. The lowest BCUT2D eigenvalue weighted by Gasteiger charge is -2.19. The Balaban J connectivity index is 1.97. The SMILES string of the molecule is CCC1=C(c2cccc3ccc(F)cc23)N2CCN=C2S1. The van der Waals surface area contributed by atoms with E-state index in [1.807, 2.05) is 18.2 Å². The van der Waals surface area contributed by atoms with Crippen molar-refractivity contribution in [3.63, 3.8) is 0 Å². The Bertz CT molecular complexity index is 794. The predicted octanol–water partition coefficient (Wildman–Crippen LogP) is 4.48. The van der Waals surface area contributed by atoms with Gasteiger partial charge in [0.15, 0.2) is 5.17 Å². The molecule has 2 nitrogen and oxygen atoms in total. The quantitative estimate of drug-likeness (QED) is 0.812. The van der Waals surface area contributed by atoms with Gasteiger partial charge in [0.25, 0.3) is 0 Å². The first-order valence-corrected chi connectivity index (χ1v) is 8.01. The van der Waals surface area contributed by atoms with Crippen molar-refractivity contribution in [3.05, 3.63) is 52.7 Å². The number of hydrogen-bond donors (Lipinski definition) is 0. The molecule has 0 atom stereocenters. The number of amidine groups is 1. The van der Waals surface area contributed by atoms with Crippen LogP contribution in [0.2, 0.25) is 0 Å². The predicted molar refractivity (Wildman–Crippen MR) is 87.7 cm³/mol. The molecule has 2 aliphatic heterocycles. The zero-order valence-corrected chi connectivity index (χ0v) is 12.6. The lowest BCUT2D eigenvalue weighted by atomic mass is 10.0. The van der Waals surface area contributed by atoms with E-state index >= 15 is 0 Å². The lowest BCUT2D eigenvalue weighted by Crippen LogP contribution is -2.20. The summed E-state index contributed by atoms with van der Waals surface area (Å²) in [4.78, 5) is 8.16. The average Bonchev–Trinajstić information content (AvgIpc) is 3.06. The van der Waals surface area contributed by atoms with Gasteiger partial charge in [0.05, 0.1) is 12.2 Å². The van der Waals surface area contributed by atoms with Crippen molar-refractivity contribution < 1.29 is 4.39 Å². The molecule has 2 aromatic carbocycles. The van der Waals surface area contributed by atoms with Crippen molar-refractivity contribution >= 4 is 33.4 Å². The summed E-state index contributed by atoms with van der Waals surface area (Å²) in [5, 5.41) is 3.15. The molecule has 0 fully saturated rings. The first kappa shape index (κ1) is 12.9. The van der Waals surface area contributed by atoms with Gasteiger partial charge in [0.1, 0.15) is 5.82 Å². The van der Waals surface area contributed by atoms with E-state index in [9.17, 15) is 4.39 Å². The maximum absolute atomic E-state index is 13.7. The standard InChI is InChI=1S/C17H15FN2S/c1-2-15-16(20-9-8-19-17(20)21-15)13-5-3-4-11-6-7-12(18)10-14(11)13/h3-7,10H,2,8-9H2,1H3. The zero-order chi connectivity index (χ0) is 14.4. The highest BCUT2D eigenvalue weighted by atomic mass is 32.2. The molecule has 21 heavy (non-hydrogen) atoms. The number of allylic oxidation sites excluding steroid dienone is 1. The average molecular weight is 298 g/mol. The van der Waals surface area contributed by atoms with E-state index in [-0.39, 0.29) is 5.82 Å². The van der Waals surface area contributed by atoms with Gasteiger partial charge in [0, 0.05) is 17.0 Å². The maximum atomic E-state index is 13.7. The second-order valence-corrected chi connectivity index (χ2v) is 6.28. The fourth-order valence-electron chi connectivity index (χ4n) is 3.02. The second kappa shape index (κ2) is 4.88. The zero-order valence-electron chi connectivity index (χ0n) is 11.8. The summed E-state index contributed by atoms with van der Waals surface area (Å²) in [7, 11) is 0. The monoisotopic (exact) mass is 298 g/mol. The topological polar surface area (TPSA) is 15.6 Å². The fraction of sp³-hybridized carbons (Fsp3) is 0.235. The summed E-state index contributed by atoms with van der Waals surface area (Å²) < 4.78 is 13.7. The second-order valence-electron chi connectivity index (χ2n) is 5.21. The van der Waals surface area contributed by atoms with Crippen LogP contribution in [-0.4, -0.2) is 23.2 Å². The molecule has 0 unspecified atom stereocenters. The van der Waals surface area contributed by atoms with Crippen molar-refractivity contribution in [1.29, 1.82) is 0 Å². The van der Waals surface area contributed by atoms with Gasteiger partial charge in [-0.1, -0.05) is 43.0 Å². The first-order chi connectivity index (χ1) is 10.3. The number of nitrogens with zero attached hydrogens (tertiary/aromatic N) is 2. The van der Waals surface area contributed by atoms with Gasteiger partial charge in [-0.25, -0.2) is 4.39 Å². The summed E-state index contributed by atoms with van der Waals surface area (Å²) >= 11 is 1.76. The fourth-order valence-corrected chi connectivity index (χ4v) is 4.15. The highest BCUT2D eigenvalue weighted by Crippen LogP contribution is 2.44. The number of thioether (sulfide) groups is 1. The van der Waals surface area contributed by atoms with Gasteiger partial charge in [-0.2, -0.15) is 0 Å². The first-order valence-electron chi connectivity index (χ1n) is 7.19. The molecular formula is C17H15FN2S. The van der Waals surface area contributed by atoms with Crippen LogP contribution in [0.25, 0.3) is 16.5 Å². The third-order valence-corrected chi connectivity index (χ3v) is 5.23. The lowest BCUT2D eigenvalue weighted by molar-refractivity contribution is 0.629. The maximum Gasteiger partial charge on any atom is 0.168 e. The summed E-state index contributed by atoms with van der Waals surface area (Å²) in [5.74, 6) is -0.186. The van der Waals surface area contributed by atoms with E-state index < -0.39 is 0 Å². The van der Waals surface area contributed by atoms with E-state index in [4.69, 9.17) is 0 Å². The number of fused-ring (bicyclic) bond motifs is 2. The molecule has 2 heterocycles. The molecule has 106 valence electrons. The molecule has 0 amide bonds. The summed E-state index contributed by atoms with van der Waals surface area (Å²) in [5.41, 5.74) is 2.33. The van der Waals surface area contributed by atoms with E-state index in [1.165, 1.54) is 16.7 Å². The third kappa shape index (κ3) is 1.97. The Morgan fingerprint density at radius 3 is 3.05 bits per heavy atom. The smallest absolute Gasteiger partial charge is 0.168 e. The van der Waals surface area contributed by atoms with Gasteiger partial charge in [0.2, 0.25) is 0 Å². The molecule has 0 radical (unpaired) electrons. The summed E-state index contributed by atoms with van der Waals surface area (Å²) in [6.45, 7) is 3.94. The van der Waals surface area contributed by atoms with Crippen LogP contribution >= 0.6 is 11.8 Å². The molecule has 0 bridgehead atoms. The number of rotatable bonds is 2. The Morgan fingerprint density at radius 2 is 2.19 bits per heavy atom. The van der Waals surface area contributed by atoms with Crippen LogP contribution in [0.1, 0.15) is 18.9 Å². The highest BCUT2D eigenvalue weighted by Gasteiger charge is 2.32. The molecule has 0 aliphatic carbocycles. The van der Waals surface area contributed by atoms with Gasteiger partial charge in [-0.3, -0.25) is 4.99 Å². The van der Waals surface area contributed by atoms with E-state index in [2.05, 4.69) is 22.9 Å². The van der Waals surface area contributed by atoms with Crippen LogP contribution in [0.5, 0.6) is 0 Å². The van der Waals surface area contributed by atoms with Crippen LogP contribution in [0.4, 0.5) is 4.39 Å². The van der Waals surface area contributed by atoms with Gasteiger partial charge < -0.3 is 4.90 Å². The molecule has 0 spiro atoms. The Kier molecular flexibility index (Phi) is 3.00. The minimum atomic E-state index is -0.186.